The van der Waals surface area contributed by atoms with E-state index in [-0.39, 0.29) is 11.8 Å². The fraction of sp³-hybridized carbons (Fsp3) is 0.750. The first-order chi connectivity index (χ1) is 13.1. The molecule has 3 rings (SSSR count). The molecule has 0 spiro atoms. The van der Waals surface area contributed by atoms with Crippen LogP contribution in [-0.4, -0.2) is 82.4 Å². The summed E-state index contributed by atoms with van der Waals surface area (Å²) in [6.45, 7) is 9.63. The van der Waals surface area contributed by atoms with E-state index in [1.807, 2.05) is 14.4 Å². The number of nitrogens with zero attached hydrogens (tertiary/aromatic N) is 5. The molecule has 1 saturated heterocycles. The predicted molar refractivity (Wildman–Crippen MR) is 105 cm³/mol. The van der Waals surface area contributed by atoms with Gasteiger partial charge in [0.25, 0.3) is 11.8 Å². The molecule has 0 saturated carbocycles. The number of imidazole rings is 1. The Labute approximate surface area is 162 Å². The van der Waals surface area contributed by atoms with Crippen molar-refractivity contribution >= 4 is 11.8 Å². The van der Waals surface area contributed by atoms with Crippen LogP contribution in [0, 0.1) is 0 Å². The number of likely N-dealkylation sites (N-methyl/N-ethyl adjacent to an activating group) is 1. The average molecular weight is 376 g/mol. The van der Waals surface area contributed by atoms with Crippen molar-refractivity contribution in [2.75, 3.05) is 46.3 Å². The summed E-state index contributed by atoms with van der Waals surface area (Å²) in [5.41, 5.74) is 1.47. The second kappa shape index (κ2) is 8.87. The number of hydrogen-bond donors (Lipinski definition) is 0. The van der Waals surface area contributed by atoms with Gasteiger partial charge in [0.15, 0.2) is 5.82 Å². The van der Waals surface area contributed by atoms with Gasteiger partial charge in [-0.3, -0.25) is 9.59 Å². The summed E-state index contributed by atoms with van der Waals surface area (Å²) >= 11 is 0. The van der Waals surface area contributed by atoms with Crippen molar-refractivity contribution in [1.29, 1.82) is 0 Å². The van der Waals surface area contributed by atoms with E-state index in [2.05, 4.69) is 30.8 Å². The van der Waals surface area contributed by atoms with Crippen LogP contribution < -0.4 is 0 Å². The van der Waals surface area contributed by atoms with E-state index in [1.54, 1.807) is 0 Å². The van der Waals surface area contributed by atoms with Crippen LogP contribution in [0.3, 0.4) is 0 Å². The molecule has 150 valence electrons. The number of amides is 2. The van der Waals surface area contributed by atoms with Gasteiger partial charge in [0.1, 0.15) is 5.69 Å². The Morgan fingerprint density at radius 2 is 1.67 bits per heavy atom. The summed E-state index contributed by atoms with van der Waals surface area (Å²) in [5, 5.41) is 0. The van der Waals surface area contributed by atoms with Crippen molar-refractivity contribution in [3.05, 3.63) is 17.2 Å². The first-order valence-corrected chi connectivity index (χ1v) is 10.4. The second-order valence-electron chi connectivity index (χ2n) is 7.73. The Hall–Kier alpha value is -1.89. The van der Waals surface area contributed by atoms with Crippen LogP contribution >= 0.6 is 0 Å². The van der Waals surface area contributed by atoms with Crippen molar-refractivity contribution < 1.29 is 9.59 Å². The van der Waals surface area contributed by atoms with Crippen molar-refractivity contribution in [3.63, 3.8) is 0 Å². The van der Waals surface area contributed by atoms with Gasteiger partial charge >= 0.3 is 0 Å². The molecule has 7 nitrogen and oxygen atoms in total. The molecule has 1 fully saturated rings. The molecule has 2 amide bonds. The monoisotopic (exact) mass is 375 g/mol. The Kier molecular flexibility index (Phi) is 6.52. The Morgan fingerprint density at radius 1 is 1.00 bits per heavy atom. The fourth-order valence-corrected chi connectivity index (χ4v) is 4.03. The highest BCUT2D eigenvalue weighted by molar-refractivity contribution is 5.97. The first-order valence-electron chi connectivity index (χ1n) is 10.4. The molecule has 0 aromatic carbocycles. The van der Waals surface area contributed by atoms with Crippen LogP contribution in [0.25, 0.3) is 0 Å². The maximum absolute atomic E-state index is 13.2. The lowest BCUT2D eigenvalue weighted by molar-refractivity contribution is 0.0645. The SMILES string of the molecule is CCCN(CCC)C(=O)c1nc(C(=O)N2CCN(C)CC2)n2c1CCCC2. The maximum Gasteiger partial charge on any atom is 0.289 e. The third kappa shape index (κ3) is 4.18. The molecule has 27 heavy (non-hydrogen) atoms. The van der Waals surface area contributed by atoms with Crippen LogP contribution in [0.5, 0.6) is 0 Å². The zero-order valence-electron chi connectivity index (χ0n) is 17.0. The Bertz CT molecular complexity index is 670. The molecule has 0 atom stereocenters. The van der Waals surface area contributed by atoms with Gasteiger partial charge in [-0.05, 0) is 39.2 Å². The Morgan fingerprint density at radius 3 is 2.30 bits per heavy atom. The summed E-state index contributed by atoms with van der Waals surface area (Å²) in [6.07, 6.45) is 4.77. The van der Waals surface area contributed by atoms with Gasteiger partial charge in [-0.25, -0.2) is 4.98 Å². The summed E-state index contributed by atoms with van der Waals surface area (Å²) < 4.78 is 2.02. The normalized spacial score (nSPS) is 17.7. The lowest BCUT2D eigenvalue weighted by atomic mass is 10.1. The van der Waals surface area contributed by atoms with Crippen LogP contribution in [0.15, 0.2) is 0 Å². The van der Waals surface area contributed by atoms with Gasteiger partial charge in [0.2, 0.25) is 0 Å². The van der Waals surface area contributed by atoms with E-state index in [4.69, 9.17) is 0 Å². The molecule has 1 aromatic heterocycles. The minimum absolute atomic E-state index is 0.0122. The molecular formula is C20H33N5O2. The van der Waals surface area contributed by atoms with E-state index in [1.165, 1.54) is 0 Å². The highest BCUT2D eigenvalue weighted by Gasteiger charge is 2.32. The molecule has 0 unspecified atom stereocenters. The lowest BCUT2D eigenvalue weighted by Crippen LogP contribution is -2.47. The maximum atomic E-state index is 13.2. The van der Waals surface area contributed by atoms with Crippen LogP contribution in [0.4, 0.5) is 0 Å². The minimum Gasteiger partial charge on any atom is -0.337 e. The largest absolute Gasteiger partial charge is 0.337 e. The molecule has 0 N–H and O–H groups in total. The topological polar surface area (TPSA) is 61.7 Å². The molecule has 7 heteroatoms. The van der Waals surface area contributed by atoms with E-state index >= 15 is 0 Å². The van der Waals surface area contributed by atoms with E-state index in [9.17, 15) is 9.59 Å². The number of carbonyl (C=O) groups is 2. The van der Waals surface area contributed by atoms with Gasteiger partial charge < -0.3 is 19.3 Å². The van der Waals surface area contributed by atoms with Gasteiger partial charge in [0.05, 0.1) is 5.69 Å². The van der Waals surface area contributed by atoms with Crippen molar-refractivity contribution in [1.82, 2.24) is 24.3 Å². The van der Waals surface area contributed by atoms with E-state index in [0.29, 0.717) is 11.5 Å². The van der Waals surface area contributed by atoms with Gasteiger partial charge in [-0.1, -0.05) is 13.8 Å². The highest BCUT2D eigenvalue weighted by Crippen LogP contribution is 2.23. The number of rotatable bonds is 6. The fourth-order valence-electron chi connectivity index (χ4n) is 4.03. The van der Waals surface area contributed by atoms with E-state index < -0.39 is 0 Å². The number of hydrogen-bond acceptors (Lipinski definition) is 4. The lowest BCUT2D eigenvalue weighted by Gasteiger charge is -2.32. The number of aromatic nitrogens is 2. The highest BCUT2D eigenvalue weighted by atomic mass is 16.2. The van der Waals surface area contributed by atoms with Gasteiger partial charge in [0, 0.05) is 45.8 Å². The van der Waals surface area contributed by atoms with Crippen molar-refractivity contribution in [2.45, 2.75) is 52.5 Å². The standard InChI is InChI=1S/C20H33N5O2/c1-4-9-23(10-5-2)19(26)17-16-8-6-7-11-25(16)18(21-17)20(27)24-14-12-22(3)13-15-24/h4-15H2,1-3H3. The first kappa shape index (κ1) is 19.9. The van der Waals surface area contributed by atoms with Crippen molar-refractivity contribution in [2.24, 2.45) is 0 Å². The smallest absolute Gasteiger partial charge is 0.289 e. The molecule has 2 aliphatic heterocycles. The van der Waals surface area contributed by atoms with E-state index in [0.717, 1.165) is 83.6 Å². The molecule has 0 aliphatic carbocycles. The van der Waals surface area contributed by atoms with Gasteiger partial charge in [-0.15, -0.1) is 0 Å². The summed E-state index contributed by atoms with van der Waals surface area (Å²) in [4.78, 5) is 36.9. The number of fused-ring (bicyclic) bond motifs is 1. The Balaban J connectivity index is 1.90. The number of carbonyl (C=O) groups excluding carboxylic acids is 2. The summed E-state index contributed by atoms with van der Waals surface area (Å²) in [5.74, 6) is 0.426. The number of piperazine rings is 1. The third-order valence-electron chi connectivity index (χ3n) is 5.58. The zero-order chi connectivity index (χ0) is 19.4. The quantitative estimate of drug-likeness (QED) is 0.762. The van der Waals surface area contributed by atoms with Crippen LogP contribution in [-0.2, 0) is 13.0 Å². The average Bonchev–Trinajstić information content (AvgIpc) is 3.07. The minimum atomic E-state index is -0.0252. The second-order valence-corrected chi connectivity index (χ2v) is 7.73. The van der Waals surface area contributed by atoms with Crippen LogP contribution in [0.1, 0.15) is 66.3 Å². The predicted octanol–water partition coefficient (Wildman–Crippen LogP) is 1.87. The van der Waals surface area contributed by atoms with Crippen molar-refractivity contribution in [3.8, 4) is 0 Å². The molecule has 0 bridgehead atoms. The summed E-state index contributed by atoms with van der Waals surface area (Å²) in [6, 6.07) is 0. The molecule has 2 aliphatic rings. The molecule has 3 heterocycles. The van der Waals surface area contributed by atoms with Gasteiger partial charge in [-0.2, -0.15) is 0 Å². The molecule has 1 aromatic rings. The zero-order valence-corrected chi connectivity index (χ0v) is 17.0. The summed E-state index contributed by atoms with van der Waals surface area (Å²) in [7, 11) is 2.08. The molecular weight excluding hydrogens is 342 g/mol. The molecule has 0 radical (unpaired) electrons. The van der Waals surface area contributed by atoms with Crippen LogP contribution in [0.2, 0.25) is 0 Å². The third-order valence-corrected chi connectivity index (χ3v) is 5.58.